The predicted octanol–water partition coefficient (Wildman–Crippen LogP) is 4.79. The van der Waals surface area contributed by atoms with Crippen molar-refractivity contribution in [2.75, 3.05) is 0 Å². The van der Waals surface area contributed by atoms with E-state index in [1.54, 1.807) is 10.4 Å². The first-order valence-corrected chi connectivity index (χ1v) is 8.48. The molecule has 106 valence electrons. The lowest BCUT2D eigenvalue weighted by Gasteiger charge is -2.17. The summed E-state index contributed by atoms with van der Waals surface area (Å²) in [5.74, 6) is 0. The zero-order valence-corrected chi connectivity index (χ0v) is 13.2. The Balaban J connectivity index is 1.64. The Morgan fingerprint density at radius 3 is 2.70 bits per heavy atom. The van der Waals surface area contributed by atoms with Crippen LogP contribution in [0.4, 0.5) is 0 Å². The van der Waals surface area contributed by atoms with Crippen molar-refractivity contribution in [3.05, 3.63) is 56.8 Å². The van der Waals surface area contributed by atoms with E-state index in [9.17, 15) is 0 Å². The fourth-order valence-electron chi connectivity index (χ4n) is 3.00. The normalized spacial score (nSPS) is 15.3. The summed E-state index contributed by atoms with van der Waals surface area (Å²) in [6.07, 6.45) is 5.08. The molecule has 0 saturated carbocycles. The van der Waals surface area contributed by atoms with Gasteiger partial charge in [0, 0.05) is 22.3 Å². The summed E-state index contributed by atoms with van der Waals surface area (Å²) in [6, 6.07) is 11.8. The molecule has 2 heteroatoms. The summed E-state index contributed by atoms with van der Waals surface area (Å²) in [5.41, 5.74) is 4.34. The van der Waals surface area contributed by atoms with E-state index in [0.29, 0.717) is 6.04 Å². The van der Waals surface area contributed by atoms with Gasteiger partial charge in [0.2, 0.25) is 0 Å². The molecule has 0 amide bonds. The van der Waals surface area contributed by atoms with Gasteiger partial charge >= 0.3 is 0 Å². The number of benzene rings is 1. The van der Waals surface area contributed by atoms with E-state index in [4.69, 9.17) is 0 Å². The average molecular weight is 285 g/mol. The van der Waals surface area contributed by atoms with E-state index in [2.05, 4.69) is 49.5 Å². The Bertz CT molecular complexity index is 546. The van der Waals surface area contributed by atoms with Gasteiger partial charge in [-0.1, -0.05) is 36.8 Å². The van der Waals surface area contributed by atoms with E-state index in [0.717, 1.165) is 13.0 Å². The topological polar surface area (TPSA) is 12.0 Å². The summed E-state index contributed by atoms with van der Waals surface area (Å²) in [5, 5.41) is 3.72. The molecule has 1 atom stereocenters. The summed E-state index contributed by atoms with van der Waals surface area (Å²) < 4.78 is 0. The number of hydrogen-bond donors (Lipinski definition) is 1. The van der Waals surface area contributed by atoms with Crippen LogP contribution >= 0.6 is 11.3 Å². The highest BCUT2D eigenvalue weighted by atomic mass is 32.1. The molecule has 1 unspecified atom stereocenters. The quantitative estimate of drug-likeness (QED) is 0.833. The molecule has 20 heavy (non-hydrogen) atoms. The third kappa shape index (κ3) is 2.97. The van der Waals surface area contributed by atoms with Crippen LogP contribution in [0.1, 0.15) is 52.3 Å². The molecule has 0 aliphatic heterocycles. The van der Waals surface area contributed by atoms with Crippen LogP contribution in [0.3, 0.4) is 0 Å². The molecular formula is C18H23NS. The Hall–Kier alpha value is -1.12. The lowest BCUT2D eigenvalue weighted by Crippen LogP contribution is -2.19. The van der Waals surface area contributed by atoms with Gasteiger partial charge in [0.25, 0.3) is 0 Å². The molecule has 1 nitrogen and oxygen atoms in total. The summed E-state index contributed by atoms with van der Waals surface area (Å²) >= 11 is 2.01. The van der Waals surface area contributed by atoms with Gasteiger partial charge in [-0.25, -0.2) is 0 Å². The molecule has 1 aliphatic rings. The number of thiophene rings is 1. The van der Waals surface area contributed by atoms with Crippen LogP contribution in [0.15, 0.2) is 30.3 Å². The summed E-state index contributed by atoms with van der Waals surface area (Å²) in [6.45, 7) is 5.40. The maximum atomic E-state index is 3.72. The molecule has 2 aromatic rings. The van der Waals surface area contributed by atoms with Gasteiger partial charge in [0.15, 0.2) is 0 Å². The molecule has 0 radical (unpaired) electrons. The van der Waals surface area contributed by atoms with Gasteiger partial charge < -0.3 is 5.32 Å². The third-order valence-electron chi connectivity index (χ3n) is 4.21. The van der Waals surface area contributed by atoms with E-state index in [1.807, 2.05) is 11.3 Å². The maximum Gasteiger partial charge on any atom is 0.0320 e. The molecular weight excluding hydrogens is 262 g/mol. The van der Waals surface area contributed by atoms with Crippen molar-refractivity contribution in [3.8, 4) is 0 Å². The Kier molecular flexibility index (Phi) is 4.23. The molecule has 0 spiro atoms. The van der Waals surface area contributed by atoms with Crippen molar-refractivity contribution in [1.29, 1.82) is 0 Å². The number of rotatable bonds is 5. The van der Waals surface area contributed by atoms with Crippen LogP contribution in [0.5, 0.6) is 0 Å². The second kappa shape index (κ2) is 6.11. The van der Waals surface area contributed by atoms with Gasteiger partial charge in [-0.3, -0.25) is 0 Å². The highest BCUT2D eigenvalue weighted by Gasteiger charge is 2.15. The van der Waals surface area contributed by atoms with Crippen LogP contribution < -0.4 is 5.32 Å². The molecule has 0 bridgehead atoms. The van der Waals surface area contributed by atoms with Crippen molar-refractivity contribution in [3.63, 3.8) is 0 Å². The van der Waals surface area contributed by atoms with Crippen LogP contribution in [-0.2, 0) is 19.4 Å². The maximum absolute atomic E-state index is 3.72. The van der Waals surface area contributed by atoms with Crippen LogP contribution in [0, 0.1) is 6.92 Å². The first-order chi connectivity index (χ1) is 9.76. The summed E-state index contributed by atoms with van der Waals surface area (Å²) in [4.78, 5) is 3.13. The number of fused-ring (bicyclic) bond motifs is 1. The van der Waals surface area contributed by atoms with Crippen LogP contribution in [0.2, 0.25) is 0 Å². The predicted molar refractivity (Wildman–Crippen MR) is 87.4 cm³/mol. The SMILES string of the molecule is CCC(NCc1cc2c(s1)CCC2)c1ccc(C)cc1. The average Bonchev–Trinajstić information content (AvgIpc) is 3.02. The van der Waals surface area contributed by atoms with Crippen molar-refractivity contribution in [2.45, 2.75) is 52.1 Å². The highest BCUT2D eigenvalue weighted by molar-refractivity contribution is 7.12. The first kappa shape index (κ1) is 13.8. The molecule has 1 aliphatic carbocycles. The minimum Gasteiger partial charge on any atom is -0.305 e. The number of aryl methyl sites for hydroxylation is 3. The van der Waals surface area contributed by atoms with E-state index < -0.39 is 0 Å². The van der Waals surface area contributed by atoms with Crippen LogP contribution in [0.25, 0.3) is 0 Å². The second-order valence-electron chi connectivity index (χ2n) is 5.77. The Labute approximate surface area is 126 Å². The molecule has 1 heterocycles. The van der Waals surface area contributed by atoms with Gasteiger partial charge in [0.1, 0.15) is 0 Å². The molecule has 1 aromatic heterocycles. The zero-order valence-electron chi connectivity index (χ0n) is 12.4. The largest absolute Gasteiger partial charge is 0.305 e. The van der Waals surface area contributed by atoms with Crippen molar-refractivity contribution in [1.82, 2.24) is 5.32 Å². The zero-order chi connectivity index (χ0) is 13.9. The van der Waals surface area contributed by atoms with Gasteiger partial charge in [0.05, 0.1) is 0 Å². The van der Waals surface area contributed by atoms with Gasteiger partial charge in [-0.05, 0) is 49.8 Å². The fraction of sp³-hybridized carbons (Fsp3) is 0.444. The Morgan fingerprint density at radius 1 is 1.20 bits per heavy atom. The number of hydrogen-bond acceptors (Lipinski definition) is 2. The molecule has 3 rings (SSSR count). The van der Waals surface area contributed by atoms with Crippen LogP contribution in [-0.4, -0.2) is 0 Å². The van der Waals surface area contributed by atoms with Crippen molar-refractivity contribution in [2.24, 2.45) is 0 Å². The monoisotopic (exact) mass is 285 g/mol. The summed E-state index contributed by atoms with van der Waals surface area (Å²) in [7, 11) is 0. The van der Waals surface area contributed by atoms with E-state index in [1.165, 1.54) is 35.3 Å². The first-order valence-electron chi connectivity index (χ1n) is 7.66. The number of nitrogens with one attached hydrogen (secondary N) is 1. The lowest BCUT2D eigenvalue weighted by atomic mass is 10.0. The standard InChI is InChI=1S/C18H23NS/c1-3-17(14-9-7-13(2)8-10-14)19-12-16-11-15-5-4-6-18(15)20-16/h7-11,17,19H,3-6,12H2,1-2H3. The Morgan fingerprint density at radius 2 is 2.00 bits per heavy atom. The molecule has 1 aromatic carbocycles. The minimum absolute atomic E-state index is 0.465. The van der Waals surface area contributed by atoms with Gasteiger partial charge in [-0.2, -0.15) is 0 Å². The highest BCUT2D eigenvalue weighted by Crippen LogP contribution is 2.31. The third-order valence-corrected chi connectivity index (χ3v) is 5.45. The minimum atomic E-state index is 0.465. The molecule has 0 saturated heterocycles. The smallest absolute Gasteiger partial charge is 0.0320 e. The molecule has 1 N–H and O–H groups in total. The second-order valence-corrected chi connectivity index (χ2v) is 6.99. The van der Waals surface area contributed by atoms with E-state index in [-0.39, 0.29) is 0 Å². The van der Waals surface area contributed by atoms with Crippen molar-refractivity contribution >= 4 is 11.3 Å². The lowest BCUT2D eigenvalue weighted by molar-refractivity contribution is 0.522. The van der Waals surface area contributed by atoms with Crippen molar-refractivity contribution < 1.29 is 0 Å². The van der Waals surface area contributed by atoms with Gasteiger partial charge in [-0.15, -0.1) is 11.3 Å². The fourth-order valence-corrected chi connectivity index (χ4v) is 4.21. The van der Waals surface area contributed by atoms with E-state index >= 15 is 0 Å². The molecule has 0 fully saturated rings.